The van der Waals surface area contributed by atoms with E-state index in [0.29, 0.717) is 15.8 Å². The van der Waals surface area contributed by atoms with Gasteiger partial charge in [-0.1, -0.05) is 17.3 Å². The quantitative estimate of drug-likeness (QED) is 0.149. The minimum absolute atomic E-state index is 0.0717. The summed E-state index contributed by atoms with van der Waals surface area (Å²) in [5.41, 5.74) is 0.926. The van der Waals surface area contributed by atoms with Crippen LogP contribution >= 0.6 is 34.4 Å². The van der Waals surface area contributed by atoms with Crippen molar-refractivity contribution in [2.75, 3.05) is 30.0 Å². The van der Waals surface area contributed by atoms with Crippen LogP contribution in [-0.4, -0.2) is 58.0 Å². The van der Waals surface area contributed by atoms with Crippen LogP contribution in [0.1, 0.15) is 39.4 Å². The highest BCUT2D eigenvalue weighted by molar-refractivity contribution is 8.00. The van der Waals surface area contributed by atoms with Crippen LogP contribution in [0, 0.1) is 29.4 Å². The molecule has 3 rings (SSSR count). The number of fused-ring (bicyclic) bond motifs is 1. The standard InChI is InChI=1S/C25H24N4O8S3/c1-5-10-28-16-9-8-15(29(34)35)11-17(16)39-25(28)27-19(31)13-38-12-18(30)26-22-20(23(32)36-6-2)14(4)21(40-22)24(33)37-7-3/h1,8-9,11H,6-7,10,12-13H2,2-4H3,(H,26,30). The van der Waals surface area contributed by atoms with Gasteiger partial charge in [-0.2, -0.15) is 4.99 Å². The number of nitrogens with one attached hydrogen (secondary N) is 1. The lowest BCUT2D eigenvalue weighted by molar-refractivity contribution is -0.384. The molecule has 0 saturated carbocycles. The molecule has 0 spiro atoms. The summed E-state index contributed by atoms with van der Waals surface area (Å²) < 4.78 is 12.3. The molecule has 0 fully saturated rings. The monoisotopic (exact) mass is 604 g/mol. The van der Waals surface area contributed by atoms with Crippen molar-refractivity contribution in [3.8, 4) is 12.3 Å². The second-order valence-corrected chi connectivity index (χ2v) is 10.8. The van der Waals surface area contributed by atoms with Gasteiger partial charge in [0.2, 0.25) is 5.91 Å². The van der Waals surface area contributed by atoms with Gasteiger partial charge in [0.15, 0.2) is 4.80 Å². The molecule has 2 heterocycles. The first-order valence-electron chi connectivity index (χ1n) is 11.7. The number of thiophene rings is 1. The summed E-state index contributed by atoms with van der Waals surface area (Å²) in [7, 11) is 0. The van der Waals surface area contributed by atoms with E-state index < -0.39 is 28.7 Å². The Labute approximate surface area is 240 Å². The minimum atomic E-state index is -0.683. The number of terminal acetylenes is 1. The van der Waals surface area contributed by atoms with Crippen molar-refractivity contribution in [2.45, 2.75) is 27.3 Å². The topological polar surface area (TPSA) is 159 Å². The third-order valence-corrected chi connectivity index (χ3v) is 8.29. The van der Waals surface area contributed by atoms with Gasteiger partial charge < -0.3 is 19.4 Å². The van der Waals surface area contributed by atoms with E-state index in [1.54, 1.807) is 31.4 Å². The summed E-state index contributed by atoms with van der Waals surface area (Å²) in [5.74, 6) is -0.135. The Kier molecular flexibility index (Phi) is 10.6. The SMILES string of the molecule is C#CCn1c(=NC(=O)CSCC(=O)Nc2sc(C(=O)OCC)c(C)c2C(=O)OCC)sc2cc([N+](=O)[O-])ccc21. The van der Waals surface area contributed by atoms with Crippen LogP contribution in [-0.2, 0) is 25.6 Å². The molecule has 0 aliphatic heterocycles. The van der Waals surface area contributed by atoms with Gasteiger partial charge in [0.1, 0.15) is 9.88 Å². The van der Waals surface area contributed by atoms with Gasteiger partial charge in [-0.25, -0.2) is 9.59 Å². The number of amides is 2. The Morgan fingerprint density at radius 1 is 1.15 bits per heavy atom. The first-order valence-corrected chi connectivity index (χ1v) is 14.5. The van der Waals surface area contributed by atoms with Gasteiger partial charge in [0.05, 0.1) is 52.0 Å². The maximum Gasteiger partial charge on any atom is 0.348 e. The predicted octanol–water partition coefficient (Wildman–Crippen LogP) is 3.77. The molecule has 0 atom stereocenters. The number of thioether (sulfide) groups is 1. The van der Waals surface area contributed by atoms with E-state index >= 15 is 0 Å². The molecule has 0 bridgehead atoms. The third kappa shape index (κ3) is 7.14. The highest BCUT2D eigenvalue weighted by Gasteiger charge is 2.27. The Morgan fingerprint density at radius 2 is 1.85 bits per heavy atom. The number of hydrogen-bond acceptors (Lipinski definition) is 11. The number of carbonyl (C=O) groups excluding carboxylic acids is 4. The zero-order valence-corrected chi connectivity index (χ0v) is 24.1. The smallest absolute Gasteiger partial charge is 0.348 e. The van der Waals surface area contributed by atoms with Crippen molar-refractivity contribution in [2.24, 2.45) is 4.99 Å². The molecule has 15 heteroatoms. The minimum Gasteiger partial charge on any atom is -0.462 e. The average Bonchev–Trinajstić information content (AvgIpc) is 3.40. The first kappa shape index (κ1) is 30.5. The number of rotatable bonds is 11. The van der Waals surface area contributed by atoms with Crippen LogP contribution in [0.15, 0.2) is 23.2 Å². The van der Waals surface area contributed by atoms with E-state index in [-0.39, 0.29) is 57.2 Å². The molecular formula is C25H24N4O8S3. The van der Waals surface area contributed by atoms with Gasteiger partial charge in [-0.3, -0.25) is 19.7 Å². The number of carbonyl (C=O) groups is 4. The van der Waals surface area contributed by atoms with Gasteiger partial charge >= 0.3 is 11.9 Å². The molecule has 0 aliphatic rings. The Bertz CT molecular complexity index is 1600. The van der Waals surface area contributed by atoms with E-state index in [2.05, 4.69) is 16.2 Å². The van der Waals surface area contributed by atoms with Crippen molar-refractivity contribution < 1.29 is 33.6 Å². The fourth-order valence-electron chi connectivity index (χ4n) is 3.48. The van der Waals surface area contributed by atoms with E-state index in [1.807, 2.05) is 0 Å². The molecule has 1 aromatic carbocycles. The van der Waals surface area contributed by atoms with Crippen LogP contribution in [0.3, 0.4) is 0 Å². The number of nitrogens with zero attached hydrogens (tertiary/aromatic N) is 3. The van der Waals surface area contributed by atoms with Crippen molar-refractivity contribution in [3.63, 3.8) is 0 Å². The van der Waals surface area contributed by atoms with Crippen LogP contribution in [0.25, 0.3) is 10.2 Å². The number of nitro benzene ring substituents is 1. The molecule has 1 N–H and O–H groups in total. The number of ether oxygens (including phenoxy) is 2. The molecule has 210 valence electrons. The van der Waals surface area contributed by atoms with Gasteiger partial charge in [0.25, 0.3) is 11.6 Å². The number of non-ortho nitro benzene ring substituents is 1. The fraction of sp³-hybridized carbons (Fsp3) is 0.320. The van der Waals surface area contributed by atoms with E-state index in [4.69, 9.17) is 15.9 Å². The lowest BCUT2D eigenvalue weighted by atomic mass is 10.1. The fourth-order valence-corrected chi connectivity index (χ4v) is 6.26. The number of hydrogen-bond donors (Lipinski definition) is 1. The Morgan fingerprint density at radius 3 is 2.50 bits per heavy atom. The van der Waals surface area contributed by atoms with Crippen LogP contribution in [0.5, 0.6) is 0 Å². The Hall–Kier alpha value is -4.00. The van der Waals surface area contributed by atoms with E-state index in [9.17, 15) is 29.3 Å². The molecule has 0 saturated heterocycles. The molecule has 12 nitrogen and oxygen atoms in total. The van der Waals surface area contributed by atoms with Gasteiger partial charge in [-0.05, 0) is 32.4 Å². The number of thiazole rings is 1. The molecule has 0 aliphatic carbocycles. The molecule has 2 aromatic heterocycles. The third-order valence-electron chi connectivity index (χ3n) is 5.15. The van der Waals surface area contributed by atoms with Crippen LogP contribution < -0.4 is 10.1 Å². The lowest BCUT2D eigenvalue weighted by Crippen LogP contribution is -2.19. The number of esters is 2. The summed E-state index contributed by atoms with van der Waals surface area (Å²) in [6, 6.07) is 4.29. The maximum absolute atomic E-state index is 12.6. The van der Waals surface area contributed by atoms with Gasteiger partial charge in [-0.15, -0.1) is 29.5 Å². The van der Waals surface area contributed by atoms with E-state index in [0.717, 1.165) is 34.4 Å². The maximum atomic E-state index is 12.6. The predicted molar refractivity (Wildman–Crippen MR) is 153 cm³/mol. The molecule has 3 aromatic rings. The van der Waals surface area contributed by atoms with Crippen molar-refractivity contribution in [1.82, 2.24) is 4.57 Å². The molecule has 0 unspecified atom stereocenters. The van der Waals surface area contributed by atoms with Crippen molar-refractivity contribution in [3.05, 3.63) is 49.1 Å². The van der Waals surface area contributed by atoms with E-state index in [1.165, 1.54) is 12.1 Å². The van der Waals surface area contributed by atoms with Crippen molar-refractivity contribution in [1.29, 1.82) is 0 Å². The summed E-state index contributed by atoms with van der Waals surface area (Å²) in [6.45, 7) is 5.22. The Balaban J connectivity index is 1.72. The second kappa shape index (κ2) is 13.9. The van der Waals surface area contributed by atoms with Crippen LogP contribution in [0.4, 0.5) is 10.7 Å². The van der Waals surface area contributed by atoms with Crippen molar-refractivity contribution >= 4 is 79.1 Å². The number of benzene rings is 1. The lowest BCUT2D eigenvalue weighted by Gasteiger charge is -2.06. The number of aromatic nitrogens is 1. The van der Waals surface area contributed by atoms with Crippen LogP contribution in [0.2, 0.25) is 0 Å². The zero-order chi connectivity index (χ0) is 29.4. The highest BCUT2D eigenvalue weighted by atomic mass is 32.2. The summed E-state index contributed by atoms with van der Waals surface area (Å²) in [4.78, 5) is 65.1. The molecule has 40 heavy (non-hydrogen) atoms. The normalized spacial score (nSPS) is 11.2. The molecule has 0 radical (unpaired) electrons. The number of anilines is 1. The summed E-state index contributed by atoms with van der Waals surface area (Å²) in [6.07, 6.45) is 5.45. The first-order chi connectivity index (χ1) is 19.1. The highest BCUT2D eigenvalue weighted by Crippen LogP contribution is 2.34. The second-order valence-electron chi connectivity index (χ2n) is 7.83. The number of nitro groups is 1. The zero-order valence-electron chi connectivity index (χ0n) is 21.7. The summed E-state index contributed by atoms with van der Waals surface area (Å²) >= 11 is 2.99. The molecular weight excluding hydrogens is 580 g/mol. The summed E-state index contributed by atoms with van der Waals surface area (Å²) in [5, 5.41) is 13.9. The van der Waals surface area contributed by atoms with Gasteiger partial charge in [0, 0.05) is 12.1 Å². The average molecular weight is 605 g/mol. The molecule has 2 amide bonds. The largest absolute Gasteiger partial charge is 0.462 e.